The van der Waals surface area contributed by atoms with E-state index in [2.05, 4.69) is 9.98 Å². The van der Waals surface area contributed by atoms with Crippen LogP contribution in [0.4, 0.5) is 0 Å². The molecule has 0 radical (unpaired) electrons. The van der Waals surface area contributed by atoms with Gasteiger partial charge in [-0.3, -0.25) is 0 Å². The summed E-state index contributed by atoms with van der Waals surface area (Å²) < 4.78 is 0. The van der Waals surface area contributed by atoms with Crippen molar-refractivity contribution in [2.75, 3.05) is 0 Å². The van der Waals surface area contributed by atoms with Gasteiger partial charge in [-0.25, -0.2) is 4.79 Å². The first-order valence-electron chi connectivity index (χ1n) is 4.46. The number of nitrogens with zero attached hydrogens (tertiary/aromatic N) is 1. The fourth-order valence-electron chi connectivity index (χ4n) is 1.61. The highest BCUT2D eigenvalue weighted by atomic mass is 16.1. The zero-order valence-corrected chi connectivity index (χ0v) is 7.82. The van der Waals surface area contributed by atoms with Crippen LogP contribution in [0.2, 0.25) is 0 Å². The van der Waals surface area contributed by atoms with Gasteiger partial charge in [0.2, 0.25) is 6.08 Å². The topological polar surface area (TPSA) is 45.2 Å². The minimum absolute atomic E-state index is 0.144. The second-order valence-corrected chi connectivity index (χ2v) is 3.19. The van der Waals surface area contributed by atoms with Crippen LogP contribution < -0.4 is 0 Å². The monoisotopic (exact) mass is 186 g/mol. The van der Waals surface area contributed by atoms with Crippen LogP contribution in [0.15, 0.2) is 35.5 Å². The summed E-state index contributed by atoms with van der Waals surface area (Å²) >= 11 is 0. The molecular weight excluding hydrogens is 176 g/mol. The van der Waals surface area contributed by atoms with Crippen molar-refractivity contribution in [1.29, 1.82) is 0 Å². The summed E-state index contributed by atoms with van der Waals surface area (Å²) in [7, 11) is 0. The van der Waals surface area contributed by atoms with Gasteiger partial charge < -0.3 is 4.98 Å². The lowest BCUT2D eigenvalue weighted by molar-refractivity contribution is 0.559. The molecule has 1 aromatic carbocycles. The lowest BCUT2D eigenvalue weighted by atomic mass is 10.1. The maximum atomic E-state index is 10.2. The molecule has 1 N–H and O–H groups in total. The van der Waals surface area contributed by atoms with E-state index in [9.17, 15) is 4.79 Å². The van der Waals surface area contributed by atoms with E-state index in [1.807, 2.05) is 37.4 Å². The molecule has 0 aliphatic rings. The van der Waals surface area contributed by atoms with Crippen molar-refractivity contribution < 1.29 is 4.79 Å². The van der Waals surface area contributed by atoms with Crippen molar-refractivity contribution in [3.8, 4) is 0 Å². The molecule has 2 rings (SSSR count). The van der Waals surface area contributed by atoms with Gasteiger partial charge in [-0.1, -0.05) is 18.2 Å². The molecule has 1 heterocycles. The first kappa shape index (κ1) is 8.73. The van der Waals surface area contributed by atoms with E-state index in [1.165, 1.54) is 0 Å². The summed E-state index contributed by atoms with van der Waals surface area (Å²) in [4.78, 5) is 17.0. The molecule has 3 heteroatoms. The lowest BCUT2D eigenvalue weighted by Gasteiger charge is -2.05. The van der Waals surface area contributed by atoms with Gasteiger partial charge in [0.15, 0.2) is 0 Å². The van der Waals surface area contributed by atoms with E-state index < -0.39 is 0 Å². The van der Waals surface area contributed by atoms with Gasteiger partial charge in [-0.2, -0.15) is 4.99 Å². The number of aromatic nitrogens is 1. The molecule has 70 valence electrons. The van der Waals surface area contributed by atoms with Crippen LogP contribution in [-0.2, 0) is 4.79 Å². The maximum Gasteiger partial charge on any atom is 0.235 e. The highest BCUT2D eigenvalue weighted by Crippen LogP contribution is 2.24. The molecular formula is C11H10N2O. The third-order valence-electron chi connectivity index (χ3n) is 2.32. The lowest BCUT2D eigenvalue weighted by Crippen LogP contribution is -1.90. The molecule has 0 bridgehead atoms. The number of aliphatic imine (C=N–C) groups is 1. The van der Waals surface area contributed by atoms with Crippen molar-refractivity contribution >= 4 is 17.0 Å². The van der Waals surface area contributed by atoms with Gasteiger partial charge in [0.05, 0.1) is 11.6 Å². The van der Waals surface area contributed by atoms with E-state index in [4.69, 9.17) is 0 Å². The van der Waals surface area contributed by atoms with E-state index in [0.29, 0.717) is 0 Å². The molecule has 1 unspecified atom stereocenters. The number of nitrogens with one attached hydrogen (secondary N) is 1. The number of fused-ring (bicyclic) bond motifs is 1. The van der Waals surface area contributed by atoms with Crippen LogP contribution in [-0.4, -0.2) is 11.1 Å². The molecule has 0 spiro atoms. The number of H-pyrrole nitrogens is 1. The van der Waals surface area contributed by atoms with Crippen LogP contribution in [0, 0.1) is 0 Å². The molecule has 14 heavy (non-hydrogen) atoms. The molecule has 0 amide bonds. The van der Waals surface area contributed by atoms with Crippen molar-refractivity contribution in [3.05, 3.63) is 36.0 Å². The molecule has 2 aromatic rings. The van der Waals surface area contributed by atoms with Gasteiger partial charge in [0.1, 0.15) is 0 Å². The number of carbonyl (C=O) groups excluding carboxylic acids is 1. The fraction of sp³-hybridized carbons (Fsp3) is 0.182. The smallest absolute Gasteiger partial charge is 0.235 e. The molecule has 0 aliphatic heterocycles. The number of para-hydroxylation sites is 1. The first-order chi connectivity index (χ1) is 6.83. The number of hydrogen-bond acceptors (Lipinski definition) is 2. The summed E-state index contributed by atoms with van der Waals surface area (Å²) in [5.41, 5.74) is 2.06. The van der Waals surface area contributed by atoms with Crippen LogP contribution in [0.1, 0.15) is 18.5 Å². The Labute approximate surface area is 81.5 Å². The largest absolute Gasteiger partial charge is 0.361 e. The second kappa shape index (κ2) is 3.48. The number of rotatable bonds is 2. The summed E-state index contributed by atoms with van der Waals surface area (Å²) in [5.74, 6) is 0. The van der Waals surface area contributed by atoms with Crippen molar-refractivity contribution in [2.45, 2.75) is 13.0 Å². The van der Waals surface area contributed by atoms with Crippen LogP contribution in [0.3, 0.4) is 0 Å². The molecule has 0 fully saturated rings. The molecule has 0 saturated carbocycles. The molecule has 1 atom stereocenters. The van der Waals surface area contributed by atoms with E-state index >= 15 is 0 Å². The minimum Gasteiger partial charge on any atom is -0.361 e. The zero-order chi connectivity index (χ0) is 9.97. The Morgan fingerprint density at radius 1 is 1.43 bits per heavy atom. The summed E-state index contributed by atoms with van der Waals surface area (Å²) in [5, 5.41) is 1.13. The van der Waals surface area contributed by atoms with Crippen molar-refractivity contribution in [1.82, 2.24) is 4.98 Å². The number of aromatic amines is 1. The quantitative estimate of drug-likeness (QED) is 0.568. The first-order valence-corrected chi connectivity index (χ1v) is 4.46. The van der Waals surface area contributed by atoms with Crippen molar-refractivity contribution in [2.24, 2.45) is 4.99 Å². The predicted octanol–water partition coefficient (Wildman–Crippen LogP) is 2.56. The highest BCUT2D eigenvalue weighted by molar-refractivity contribution is 5.83. The Balaban J connectivity index is 2.61. The minimum atomic E-state index is -0.144. The predicted molar refractivity (Wildman–Crippen MR) is 54.8 cm³/mol. The molecule has 0 saturated heterocycles. The summed E-state index contributed by atoms with van der Waals surface area (Å²) in [6.45, 7) is 1.88. The molecule has 0 aliphatic carbocycles. The Morgan fingerprint density at radius 3 is 3.07 bits per heavy atom. The SMILES string of the molecule is CC(N=C=O)c1cccc2cc[nH]c12. The number of hydrogen-bond donors (Lipinski definition) is 1. The van der Waals surface area contributed by atoms with Gasteiger partial charge in [-0.15, -0.1) is 0 Å². The average Bonchev–Trinajstić information content (AvgIpc) is 2.65. The van der Waals surface area contributed by atoms with E-state index in [0.717, 1.165) is 16.5 Å². The van der Waals surface area contributed by atoms with Gasteiger partial charge in [-0.05, 0) is 18.4 Å². The summed E-state index contributed by atoms with van der Waals surface area (Å²) in [6.07, 6.45) is 3.46. The van der Waals surface area contributed by atoms with Gasteiger partial charge in [0.25, 0.3) is 0 Å². The Hall–Kier alpha value is -1.86. The second-order valence-electron chi connectivity index (χ2n) is 3.19. The molecule has 1 aromatic heterocycles. The third-order valence-corrected chi connectivity index (χ3v) is 2.32. The van der Waals surface area contributed by atoms with E-state index in [-0.39, 0.29) is 6.04 Å². The van der Waals surface area contributed by atoms with Gasteiger partial charge in [0, 0.05) is 11.8 Å². The van der Waals surface area contributed by atoms with Crippen molar-refractivity contribution in [3.63, 3.8) is 0 Å². The molecule has 3 nitrogen and oxygen atoms in total. The standard InChI is InChI=1S/C11H10N2O/c1-8(13-7-14)10-4-2-3-9-5-6-12-11(9)10/h2-6,8,12H,1H3. The van der Waals surface area contributed by atoms with Crippen LogP contribution in [0.25, 0.3) is 10.9 Å². The highest BCUT2D eigenvalue weighted by Gasteiger charge is 2.07. The zero-order valence-electron chi connectivity index (χ0n) is 7.82. The van der Waals surface area contributed by atoms with E-state index in [1.54, 1.807) is 6.08 Å². The normalized spacial score (nSPS) is 12.4. The Bertz CT molecular complexity index is 495. The average molecular weight is 186 g/mol. The number of isocyanates is 1. The number of benzene rings is 1. The maximum absolute atomic E-state index is 10.2. The Morgan fingerprint density at radius 2 is 2.29 bits per heavy atom. The third kappa shape index (κ3) is 1.34. The van der Waals surface area contributed by atoms with Gasteiger partial charge >= 0.3 is 0 Å². The fourth-order valence-corrected chi connectivity index (χ4v) is 1.61. The summed E-state index contributed by atoms with van der Waals surface area (Å²) in [6, 6.07) is 7.80. The van der Waals surface area contributed by atoms with Crippen LogP contribution >= 0.6 is 0 Å². The van der Waals surface area contributed by atoms with Crippen LogP contribution in [0.5, 0.6) is 0 Å². The Kier molecular flexibility index (Phi) is 2.17.